The minimum Gasteiger partial charge on any atom is -0.485 e. The van der Waals surface area contributed by atoms with E-state index in [2.05, 4.69) is 15.5 Å². The van der Waals surface area contributed by atoms with E-state index < -0.39 is 12.0 Å². The number of aromatic nitrogens is 2. The number of imide groups is 1. The molecule has 2 aromatic rings. The number of anilines is 1. The average Bonchev–Trinajstić information content (AvgIpc) is 3.23. The second kappa shape index (κ2) is 6.47. The number of nitrogens with zero attached hydrogens (tertiary/aromatic N) is 3. The Morgan fingerprint density at radius 1 is 1.15 bits per heavy atom. The first-order valence-corrected chi connectivity index (χ1v) is 7.95. The Balaban J connectivity index is 1.38. The molecule has 3 amide bonds. The Kier molecular flexibility index (Phi) is 3.99. The molecule has 0 unspecified atom stereocenters. The molecule has 1 fully saturated rings. The third kappa shape index (κ3) is 3.08. The summed E-state index contributed by atoms with van der Waals surface area (Å²) in [7, 11) is 0. The highest BCUT2D eigenvalue weighted by Crippen LogP contribution is 2.35. The minimum absolute atomic E-state index is 0.122. The number of hydrogen-bond acceptors (Lipinski definition) is 8. The summed E-state index contributed by atoms with van der Waals surface area (Å²) in [5.41, 5.74) is 0. The molecule has 1 N–H and O–H groups in total. The lowest BCUT2D eigenvalue weighted by molar-refractivity contribution is -0.141. The molecular weight excluding hydrogens is 344 g/mol. The van der Waals surface area contributed by atoms with Crippen LogP contribution < -0.4 is 14.8 Å². The summed E-state index contributed by atoms with van der Waals surface area (Å²) < 4.78 is 16.7. The van der Waals surface area contributed by atoms with Crippen molar-refractivity contribution in [3.63, 3.8) is 0 Å². The predicted octanol–water partition coefficient (Wildman–Crippen LogP) is 0.670. The number of amides is 3. The van der Waals surface area contributed by atoms with Crippen LogP contribution in [0.25, 0.3) is 0 Å². The summed E-state index contributed by atoms with van der Waals surface area (Å²) in [6.45, 7) is -0.199. The van der Waals surface area contributed by atoms with E-state index in [9.17, 15) is 14.4 Å². The van der Waals surface area contributed by atoms with Crippen LogP contribution in [-0.2, 0) is 14.4 Å². The molecule has 0 saturated carbocycles. The van der Waals surface area contributed by atoms with E-state index in [-0.39, 0.29) is 49.7 Å². The molecule has 2 aliphatic rings. The fraction of sp³-hybridized carbons (Fsp3) is 0.312. The summed E-state index contributed by atoms with van der Waals surface area (Å²) in [6.07, 6.45) is -0.362. The van der Waals surface area contributed by atoms with E-state index in [1.165, 1.54) is 0 Å². The summed E-state index contributed by atoms with van der Waals surface area (Å²) >= 11 is 0. The first-order chi connectivity index (χ1) is 12.6. The molecule has 4 rings (SSSR count). The van der Waals surface area contributed by atoms with Crippen LogP contribution in [-0.4, -0.2) is 46.0 Å². The molecule has 3 heterocycles. The fourth-order valence-electron chi connectivity index (χ4n) is 2.66. The first kappa shape index (κ1) is 16.1. The van der Waals surface area contributed by atoms with Gasteiger partial charge in [0.05, 0.1) is 0 Å². The molecule has 2 aliphatic heterocycles. The second-order valence-electron chi connectivity index (χ2n) is 5.73. The van der Waals surface area contributed by atoms with Gasteiger partial charge in [0.15, 0.2) is 11.5 Å². The molecule has 10 nitrogen and oxygen atoms in total. The zero-order valence-electron chi connectivity index (χ0n) is 13.5. The molecular formula is C16H14N4O6. The molecule has 1 aromatic heterocycles. The van der Waals surface area contributed by atoms with Crippen LogP contribution in [0.5, 0.6) is 11.5 Å². The smallest absolute Gasteiger partial charge is 0.322 e. The number of carbonyl (C=O) groups excluding carboxylic acids is 3. The number of hydrogen-bond donors (Lipinski definition) is 1. The van der Waals surface area contributed by atoms with E-state index in [4.69, 9.17) is 13.9 Å². The van der Waals surface area contributed by atoms with Crippen LogP contribution in [0.3, 0.4) is 0 Å². The van der Waals surface area contributed by atoms with Crippen molar-refractivity contribution >= 4 is 23.7 Å². The van der Waals surface area contributed by atoms with E-state index in [0.29, 0.717) is 11.5 Å². The van der Waals surface area contributed by atoms with Crippen molar-refractivity contribution in [2.24, 2.45) is 0 Å². The molecule has 0 aliphatic carbocycles. The van der Waals surface area contributed by atoms with E-state index >= 15 is 0 Å². The molecule has 1 aromatic carbocycles. The third-order valence-corrected chi connectivity index (χ3v) is 3.93. The Morgan fingerprint density at radius 2 is 1.88 bits per heavy atom. The summed E-state index contributed by atoms with van der Waals surface area (Å²) in [5.74, 6) is -0.0287. The predicted molar refractivity (Wildman–Crippen MR) is 84.2 cm³/mol. The SMILES string of the molecule is O=C(CN1C(=O)CCC1=O)Nc1nnc([C@@H]2COc3ccccc3O2)o1. The van der Waals surface area contributed by atoms with E-state index in [1.807, 2.05) is 12.1 Å². The third-order valence-electron chi connectivity index (χ3n) is 3.93. The van der Waals surface area contributed by atoms with Gasteiger partial charge in [-0.3, -0.25) is 24.6 Å². The summed E-state index contributed by atoms with van der Waals surface area (Å²) in [4.78, 5) is 35.9. The largest absolute Gasteiger partial charge is 0.485 e. The Bertz CT molecular complexity index is 863. The quantitative estimate of drug-likeness (QED) is 0.791. The topological polar surface area (TPSA) is 124 Å². The van der Waals surface area contributed by atoms with Crippen molar-refractivity contribution in [3.05, 3.63) is 30.2 Å². The minimum atomic E-state index is -0.607. The lowest BCUT2D eigenvalue weighted by atomic mass is 10.2. The standard InChI is InChI=1S/C16H14N4O6/c21-12(7-20-13(22)5-6-14(20)23)17-16-19-18-15(26-16)11-8-24-9-3-1-2-4-10(9)25-11/h1-4,11H,5-8H2,(H,17,19,21)/t11-/m0/s1. The van der Waals surface area contributed by atoms with Crippen LogP contribution in [0, 0.1) is 0 Å². The monoisotopic (exact) mass is 358 g/mol. The fourth-order valence-corrected chi connectivity index (χ4v) is 2.66. The number of carbonyl (C=O) groups is 3. The Hall–Kier alpha value is -3.43. The lowest BCUT2D eigenvalue weighted by Gasteiger charge is -2.23. The van der Waals surface area contributed by atoms with Gasteiger partial charge in [0, 0.05) is 12.8 Å². The molecule has 0 spiro atoms. The van der Waals surface area contributed by atoms with Gasteiger partial charge in [-0.15, -0.1) is 5.10 Å². The van der Waals surface area contributed by atoms with E-state index in [0.717, 1.165) is 4.90 Å². The van der Waals surface area contributed by atoms with Crippen molar-refractivity contribution in [3.8, 4) is 11.5 Å². The summed E-state index contributed by atoms with van der Waals surface area (Å²) in [5, 5.41) is 9.94. The van der Waals surface area contributed by atoms with Gasteiger partial charge in [0.1, 0.15) is 13.2 Å². The Labute approximate surface area is 147 Å². The number of nitrogens with one attached hydrogen (secondary N) is 1. The highest BCUT2D eigenvalue weighted by molar-refractivity contribution is 6.05. The maximum absolute atomic E-state index is 12.0. The van der Waals surface area contributed by atoms with Gasteiger partial charge in [-0.1, -0.05) is 17.2 Å². The maximum atomic E-state index is 12.0. The summed E-state index contributed by atoms with van der Waals surface area (Å²) in [6, 6.07) is 7.03. The van der Waals surface area contributed by atoms with Crippen LogP contribution in [0.4, 0.5) is 6.01 Å². The van der Waals surface area contributed by atoms with E-state index in [1.54, 1.807) is 12.1 Å². The first-order valence-electron chi connectivity index (χ1n) is 7.95. The molecule has 1 atom stereocenters. The molecule has 1 saturated heterocycles. The van der Waals surface area contributed by atoms with Gasteiger partial charge in [-0.2, -0.15) is 0 Å². The lowest BCUT2D eigenvalue weighted by Crippen LogP contribution is -2.36. The van der Waals surface area contributed by atoms with Crippen LogP contribution in [0.15, 0.2) is 28.7 Å². The van der Waals surface area contributed by atoms with Crippen LogP contribution in [0.2, 0.25) is 0 Å². The zero-order valence-corrected chi connectivity index (χ0v) is 13.5. The number of fused-ring (bicyclic) bond motifs is 1. The number of likely N-dealkylation sites (tertiary alicyclic amines) is 1. The average molecular weight is 358 g/mol. The Morgan fingerprint density at radius 3 is 2.65 bits per heavy atom. The van der Waals surface area contributed by atoms with Gasteiger partial charge in [-0.25, -0.2) is 0 Å². The van der Waals surface area contributed by atoms with Crippen LogP contribution >= 0.6 is 0 Å². The molecule has 0 bridgehead atoms. The number of benzene rings is 1. The van der Waals surface area contributed by atoms with Gasteiger partial charge < -0.3 is 13.9 Å². The molecule has 26 heavy (non-hydrogen) atoms. The highest BCUT2D eigenvalue weighted by atomic mass is 16.6. The van der Waals surface area contributed by atoms with Gasteiger partial charge in [0.2, 0.25) is 23.8 Å². The number of ether oxygens (including phenoxy) is 2. The van der Waals surface area contributed by atoms with Crippen molar-refractivity contribution in [1.29, 1.82) is 0 Å². The van der Waals surface area contributed by atoms with Crippen molar-refractivity contribution in [2.45, 2.75) is 18.9 Å². The van der Waals surface area contributed by atoms with Gasteiger partial charge in [-0.05, 0) is 12.1 Å². The van der Waals surface area contributed by atoms with Crippen molar-refractivity contribution in [2.75, 3.05) is 18.5 Å². The second-order valence-corrected chi connectivity index (χ2v) is 5.73. The molecule has 0 radical (unpaired) electrons. The number of para-hydroxylation sites is 2. The number of rotatable bonds is 4. The highest BCUT2D eigenvalue weighted by Gasteiger charge is 2.31. The zero-order chi connectivity index (χ0) is 18.1. The molecule has 134 valence electrons. The van der Waals surface area contributed by atoms with Gasteiger partial charge in [0.25, 0.3) is 5.89 Å². The maximum Gasteiger partial charge on any atom is 0.322 e. The van der Waals surface area contributed by atoms with Crippen molar-refractivity contribution < 1.29 is 28.3 Å². The normalized spacial score (nSPS) is 18.9. The van der Waals surface area contributed by atoms with Crippen molar-refractivity contribution in [1.82, 2.24) is 15.1 Å². The van der Waals surface area contributed by atoms with Crippen LogP contribution in [0.1, 0.15) is 24.8 Å². The molecule has 10 heteroatoms. The van der Waals surface area contributed by atoms with Gasteiger partial charge >= 0.3 is 6.01 Å².